The summed E-state index contributed by atoms with van der Waals surface area (Å²) in [4.78, 5) is 3.89. The molecular formula is C13H16F3N3O. The summed E-state index contributed by atoms with van der Waals surface area (Å²) in [5.74, 6) is -0.0158. The molecule has 0 fully saturated rings. The van der Waals surface area contributed by atoms with Crippen LogP contribution in [0, 0.1) is 0 Å². The fraction of sp³-hybridized carbons (Fsp3) is 0.462. The second kappa shape index (κ2) is 6.13. The summed E-state index contributed by atoms with van der Waals surface area (Å²) in [6.07, 6.45) is 1.26. The first-order chi connectivity index (χ1) is 9.48. The molecule has 4 nitrogen and oxygen atoms in total. The van der Waals surface area contributed by atoms with Gasteiger partial charge in [-0.2, -0.15) is 13.2 Å². The maximum absolute atomic E-state index is 12.0. The highest BCUT2D eigenvalue weighted by atomic mass is 19.4. The Morgan fingerprint density at radius 1 is 1.35 bits per heavy atom. The number of nitrogens with zero attached hydrogens (tertiary/aromatic N) is 3. The van der Waals surface area contributed by atoms with E-state index in [2.05, 4.69) is 32.7 Å². The molecule has 0 amide bonds. The van der Waals surface area contributed by atoms with Crippen molar-refractivity contribution in [2.45, 2.75) is 19.6 Å². The number of aromatic nitrogens is 1. The molecule has 0 spiro atoms. The van der Waals surface area contributed by atoms with Gasteiger partial charge in [0.05, 0.1) is 0 Å². The molecule has 0 saturated heterocycles. The standard InChI is InChI=1S/C13H16F3N3O/c1-2-18-6-3-7-19(18)9-11-4-5-12(17-8-11)20-10-13(14,15)16/h3-6,8H,2,7,9-10H2,1H3. The third-order valence-corrected chi connectivity index (χ3v) is 2.83. The van der Waals surface area contributed by atoms with Gasteiger partial charge in [0.1, 0.15) is 0 Å². The normalized spacial score (nSPS) is 15.9. The van der Waals surface area contributed by atoms with Gasteiger partial charge in [-0.05, 0) is 12.5 Å². The zero-order valence-electron chi connectivity index (χ0n) is 11.1. The topological polar surface area (TPSA) is 28.6 Å². The largest absolute Gasteiger partial charge is 0.468 e. The van der Waals surface area contributed by atoms with Crippen molar-refractivity contribution in [1.82, 2.24) is 15.0 Å². The Morgan fingerprint density at radius 2 is 2.15 bits per heavy atom. The fourth-order valence-corrected chi connectivity index (χ4v) is 1.91. The van der Waals surface area contributed by atoms with Crippen LogP contribution >= 0.6 is 0 Å². The van der Waals surface area contributed by atoms with Crippen LogP contribution in [0.3, 0.4) is 0 Å². The number of alkyl halides is 3. The van der Waals surface area contributed by atoms with Crippen molar-refractivity contribution < 1.29 is 17.9 Å². The van der Waals surface area contributed by atoms with E-state index < -0.39 is 12.8 Å². The van der Waals surface area contributed by atoms with Crippen LogP contribution in [-0.2, 0) is 6.54 Å². The van der Waals surface area contributed by atoms with Gasteiger partial charge in [0.25, 0.3) is 0 Å². The Labute approximate surface area is 115 Å². The van der Waals surface area contributed by atoms with E-state index in [9.17, 15) is 13.2 Å². The predicted molar refractivity (Wildman–Crippen MR) is 67.7 cm³/mol. The van der Waals surface area contributed by atoms with E-state index in [1.54, 1.807) is 6.07 Å². The minimum Gasteiger partial charge on any atom is -0.468 e. The zero-order valence-corrected chi connectivity index (χ0v) is 11.1. The molecule has 0 radical (unpaired) electrons. The third-order valence-electron chi connectivity index (χ3n) is 2.83. The lowest BCUT2D eigenvalue weighted by Crippen LogP contribution is -2.34. The zero-order chi connectivity index (χ0) is 14.6. The van der Waals surface area contributed by atoms with E-state index in [-0.39, 0.29) is 5.88 Å². The van der Waals surface area contributed by atoms with E-state index in [4.69, 9.17) is 0 Å². The summed E-state index contributed by atoms with van der Waals surface area (Å²) >= 11 is 0. The summed E-state index contributed by atoms with van der Waals surface area (Å²) in [5, 5.41) is 4.20. The van der Waals surface area contributed by atoms with Crippen molar-refractivity contribution in [1.29, 1.82) is 0 Å². The second-order valence-corrected chi connectivity index (χ2v) is 4.40. The van der Waals surface area contributed by atoms with Crippen molar-refractivity contribution >= 4 is 0 Å². The van der Waals surface area contributed by atoms with E-state index in [1.165, 1.54) is 12.3 Å². The van der Waals surface area contributed by atoms with Crippen LogP contribution in [0.15, 0.2) is 30.6 Å². The second-order valence-electron chi connectivity index (χ2n) is 4.40. The van der Waals surface area contributed by atoms with Gasteiger partial charge in [0.15, 0.2) is 6.61 Å². The summed E-state index contributed by atoms with van der Waals surface area (Å²) in [5.41, 5.74) is 0.923. The molecule has 1 aliphatic heterocycles. The van der Waals surface area contributed by atoms with Gasteiger partial charge in [-0.1, -0.05) is 12.1 Å². The summed E-state index contributed by atoms with van der Waals surface area (Å²) in [6.45, 7) is 3.08. The lowest BCUT2D eigenvalue weighted by molar-refractivity contribution is -0.154. The van der Waals surface area contributed by atoms with Crippen molar-refractivity contribution in [2.75, 3.05) is 19.7 Å². The van der Waals surface area contributed by atoms with Gasteiger partial charge in [-0.15, -0.1) is 0 Å². The summed E-state index contributed by atoms with van der Waals surface area (Å²) < 4.78 is 40.6. The highest BCUT2D eigenvalue weighted by Crippen LogP contribution is 2.18. The van der Waals surface area contributed by atoms with Gasteiger partial charge in [0, 0.05) is 38.1 Å². The lowest BCUT2D eigenvalue weighted by atomic mass is 10.3. The minimum absolute atomic E-state index is 0.0158. The quantitative estimate of drug-likeness (QED) is 0.832. The van der Waals surface area contributed by atoms with Crippen LogP contribution in [0.4, 0.5) is 13.2 Å². The SMILES string of the molecule is CCN1C=CCN1Cc1ccc(OCC(F)(F)F)nc1. The molecule has 0 bridgehead atoms. The van der Waals surface area contributed by atoms with E-state index in [1.807, 2.05) is 6.20 Å². The average Bonchev–Trinajstić information content (AvgIpc) is 2.84. The van der Waals surface area contributed by atoms with E-state index >= 15 is 0 Å². The molecule has 2 heterocycles. The molecule has 20 heavy (non-hydrogen) atoms. The molecule has 2 rings (SSSR count). The van der Waals surface area contributed by atoms with Crippen molar-refractivity contribution in [2.24, 2.45) is 0 Å². The summed E-state index contributed by atoms with van der Waals surface area (Å²) in [7, 11) is 0. The third kappa shape index (κ3) is 4.12. The lowest BCUT2D eigenvalue weighted by Gasteiger charge is -2.27. The summed E-state index contributed by atoms with van der Waals surface area (Å²) in [6, 6.07) is 3.19. The Hall–Kier alpha value is -1.76. The van der Waals surface area contributed by atoms with E-state index in [0.717, 1.165) is 18.7 Å². The van der Waals surface area contributed by atoms with E-state index in [0.29, 0.717) is 6.54 Å². The molecule has 1 aromatic rings. The first-order valence-electron chi connectivity index (χ1n) is 6.30. The van der Waals surface area contributed by atoms with Crippen LogP contribution in [0.25, 0.3) is 0 Å². The predicted octanol–water partition coefficient (Wildman–Crippen LogP) is 2.59. The molecule has 0 aromatic carbocycles. The van der Waals surface area contributed by atoms with Gasteiger partial charge in [0.2, 0.25) is 5.88 Å². The fourth-order valence-electron chi connectivity index (χ4n) is 1.91. The maximum Gasteiger partial charge on any atom is 0.422 e. The average molecular weight is 287 g/mol. The smallest absolute Gasteiger partial charge is 0.422 e. The van der Waals surface area contributed by atoms with Gasteiger partial charge < -0.3 is 9.75 Å². The van der Waals surface area contributed by atoms with Crippen LogP contribution in [0.1, 0.15) is 12.5 Å². The number of hydrogen-bond acceptors (Lipinski definition) is 4. The Balaban J connectivity index is 1.88. The van der Waals surface area contributed by atoms with Crippen molar-refractivity contribution in [3.05, 3.63) is 36.2 Å². The number of hydrogen-bond donors (Lipinski definition) is 0. The molecule has 1 aliphatic rings. The molecule has 0 aliphatic carbocycles. The van der Waals surface area contributed by atoms with Crippen molar-refractivity contribution in [3.8, 4) is 5.88 Å². The Morgan fingerprint density at radius 3 is 2.75 bits per heavy atom. The molecular weight excluding hydrogens is 271 g/mol. The highest BCUT2D eigenvalue weighted by molar-refractivity contribution is 5.18. The number of halogens is 3. The van der Waals surface area contributed by atoms with Crippen LogP contribution in [0.2, 0.25) is 0 Å². The Bertz CT molecular complexity index is 459. The molecule has 0 unspecified atom stereocenters. The van der Waals surface area contributed by atoms with Crippen molar-refractivity contribution in [3.63, 3.8) is 0 Å². The molecule has 1 aromatic heterocycles. The van der Waals surface area contributed by atoms with Gasteiger partial charge in [-0.25, -0.2) is 9.99 Å². The monoisotopic (exact) mass is 287 g/mol. The first-order valence-corrected chi connectivity index (χ1v) is 6.30. The molecule has 0 atom stereocenters. The maximum atomic E-state index is 12.0. The van der Waals surface area contributed by atoms with Crippen LogP contribution < -0.4 is 4.74 Å². The highest BCUT2D eigenvalue weighted by Gasteiger charge is 2.28. The molecule has 7 heteroatoms. The van der Waals surface area contributed by atoms with Gasteiger partial charge >= 0.3 is 6.18 Å². The number of pyridine rings is 1. The number of hydrazine groups is 1. The minimum atomic E-state index is -4.34. The first kappa shape index (κ1) is 14.6. The van der Waals surface area contributed by atoms with Crippen LogP contribution in [-0.4, -0.2) is 40.9 Å². The Kier molecular flexibility index (Phi) is 4.49. The number of rotatable bonds is 5. The molecule has 110 valence electrons. The number of ether oxygens (including phenoxy) is 1. The molecule has 0 saturated carbocycles. The molecule has 0 N–H and O–H groups in total. The van der Waals surface area contributed by atoms with Crippen LogP contribution in [0.5, 0.6) is 5.88 Å². The van der Waals surface area contributed by atoms with Gasteiger partial charge in [-0.3, -0.25) is 0 Å².